The van der Waals surface area contributed by atoms with E-state index in [2.05, 4.69) is 11.4 Å². The first-order chi connectivity index (χ1) is 19.0. The molecule has 2 amide bonds. The molecule has 1 N–H and O–H groups in total. The summed E-state index contributed by atoms with van der Waals surface area (Å²) in [7, 11) is 3.18. The van der Waals surface area contributed by atoms with Crippen LogP contribution in [-0.4, -0.2) is 61.3 Å². The van der Waals surface area contributed by atoms with Crippen LogP contribution in [0.2, 0.25) is 5.02 Å². The Morgan fingerprint density at radius 1 is 1.13 bits per heavy atom. The molecule has 0 saturated carbocycles. The molecule has 39 heavy (non-hydrogen) atoms. The van der Waals surface area contributed by atoms with Crippen molar-refractivity contribution in [3.63, 3.8) is 0 Å². The first-order valence-electron chi connectivity index (χ1n) is 12.2. The van der Waals surface area contributed by atoms with Crippen LogP contribution in [0.3, 0.4) is 0 Å². The van der Waals surface area contributed by atoms with Crippen LogP contribution in [0.5, 0.6) is 5.75 Å². The first kappa shape index (κ1) is 27.3. The second-order valence-electron chi connectivity index (χ2n) is 8.73. The number of methoxy groups -OCH3 is 2. The lowest BCUT2D eigenvalue weighted by Crippen LogP contribution is -2.43. The number of aromatic nitrogens is 2. The van der Waals surface area contributed by atoms with E-state index in [4.69, 9.17) is 26.2 Å². The first-order valence-corrected chi connectivity index (χ1v) is 14.5. The maximum atomic E-state index is 13.7. The van der Waals surface area contributed by atoms with E-state index >= 15 is 0 Å². The topological polar surface area (TPSA) is 85.7 Å². The molecule has 2 aromatic carbocycles. The van der Waals surface area contributed by atoms with Gasteiger partial charge in [0.2, 0.25) is 11.8 Å². The van der Waals surface area contributed by atoms with E-state index in [1.165, 1.54) is 11.8 Å². The van der Waals surface area contributed by atoms with Gasteiger partial charge in [0.1, 0.15) is 18.1 Å². The van der Waals surface area contributed by atoms with Crippen LogP contribution in [0.1, 0.15) is 15.7 Å². The number of amides is 2. The molecule has 0 fully saturated rings. The summed E-state index contributed by atoms with van der Waals surface area (Å²) in [6.45, 7) is 0.589. The lowest BCUT2D eigenvalue weighted by atomic mass is 10.0. The monoisotopic (exact) mass is 582 g/mol. The zero-order chi connectivity index (χ0) is 27.4. The minimum Gasteiger partial charge on any atom is -0.497 e. The number of carbonyl (C=O) groups is 2. The number of thiophene rings is 1. The van der Waals surface area contributed by atoms with Crippen molar-refractivity contribution < 1.29 is 19.1 Å². The number of nitrogens with zero attached hydrogens (tertiary/aromatic N) is 3. The molecule has 3 heterocycles. The van der Waals surface area contributed by atoms with Crippen LogP contribution < -0.4 is 15.0 Å². The molecule has 0 aliphatic carbocycles. The third kappa shape index (κ3) is 5.84. The lowest BCUT2D eigenvalue weighted by molar-refractivity contribution is -0.123. The van der Waals surface area contributed by atoms with Gasteiger partial charge in [0.05, 0.1) is 36.1 Å². The van der Waals surface area contributed by atoms with Crippen LogP contribution in [0.25, 0.3) is 16.9 Å². The number of ether oxygens (including phenoxy) is 2. The van der Waals surface area contributed by atoms with Gasteiger partial charge >= 0.3 is 0 Å². The maximum absolute atomic E-state index is 13.7. The van der Waals surface area contributed by atoms with Gasteiger partial charge in [-0.3, -0.25) is 14.5 Å². The van der Waals surface area contributed by atoms with Crippen LogP contribution in [0.15, 0.2) is 66.0 Å². The molecule has 0 spiro atoms. The van der Waals surface area contributed by atoms with Gasteiger partial charge in [0.15, 0.2) is 0 Å². The number of nitrogens with one attached hydrogen (secondary N) is 1. The number of thioether (sulfide) groups is 1. The highest BCUT2D eigenvalue weighted by atomic mass is 35.5. The summed E-state index contributed by atoms with van der Waals surface area (Å²) in [5.74, 6) is 1.04. The maximum Gasteiger partial charge on any atom is 0.240 e. The Hall–Kier alpha value is -3.31. The quantitative estimate of drug-likeness (QED) is 0.273. The van der Waals surface area contributed by atoms with Gasteiger partial charge in [0.25, 0.3) is 0 Å². The van der Waals surface area contributed by atoms with Crippen molar-refractivity contribution in [2.45, 2.75) is 5.25 Å². The van der Waals surface area contributed by atoms with Gasteiger partial charge < -0.3 is 14.8 Å². The van der Waals surface area contributed by atoms with E-state index in [0.29, 0.717) is 29.7 Å². The Morgan fingerprint density at radius 2 is 1.90 bits per heavy atom. The number of anilines is 1. The van der Waals surface area contributed by atoms with Crippen LogP contribution >= 0.6 is 34.7 Å². The van der Waals surface area contributed by atoms with Gasteiger partial charge in [0, 0.05) is 34.7 Å². The zero-order valence-electron chi connectivity index (χ0n) is 21.4. The number of benzene rings is 2. The third-order valence-corrected chi connectivity index (χ3v) is 8.83. The van der Waals surface area contributed by atoms with Gasteiger partial charge in [-0.05, 0) is 47.8 Å². The standard InChI is InChI=1S/C28H27ClN4O4S2/c1-36-14-13-30-23(34)16-32-24(35)17-39-27(22-4-3-15-38-22)25-26(18-5-7-19(29)8-6-18)31-33(28(25)32)20-9-11-21(37-2)12-10-20/h3-12,15,27H,13-14,16-17H2,1-2H3,(H,30,34). The molecule has 11 heteroatoms. The largest absolute Gasteiger partial charge is 0.497 e. The van der Waals surface area contributed by atoms with Crippen molar-refractivity contribution in [1.82, 2.24) is 15.1 Å². The molecule has 8 nitrogen and oxygen atoms in total. The smallest absolute Gasteiger partial charge is 0.240 e. The summed E-state index contributed by atoms with van der Waals surface area (Å²) in [5.41, 5.74) is 3.20. The Kier molecular flexibility index (Phi) is 8.56. The fourth-order valence-corrected chi connectivity index (χ4v) is 6.70. The van der Waals surface area contributed by atoms with Gasteiger partial charge in [-0.2, -0.15) is 5.10 Å². The van der Waals surface area contributed by atoms with E-state index in [1.54, 1.807) is 35.1 Å². The molecule has 0 saturated heterocycles. The van der Waals surface area contributed by atoms with Crippen molar-refractivity contribution in [3.8, 4) is 22.7 Å². The molecule has 4 aromatic rings. The van der Waals surface area contributed by atoms with Gasteiger partial charge in [-0.15, -0.1) is 23.1 Å². The number of hydrogen-bond acceptors (Lipinski definition) is 7. The molecule has 1 atom stereocenters. The summed E-state index contributed by atoms with van der Waals surface area (Å²) in [5, 5.41) is 10.4. The number of hydrogen-bond donors (Lipinski definition) is 1. The van der Waals surface area contributed by atoms with Crippen molar-refractivity contribution in [2.75, 3.05) is 44.6 Å². The molecule has 1 aliphatic rings. The van der Waals surface area contributed by atoms with Crippen molar-refractivity contribution in [2.24, 2.45) is 0 Å². The Morgan fingerprint density at radius 3 is 2.56 bits per heavy atom. The minimum atomic E-state index is -0.276. The van der Waals surface area contributed by atoms with Gasteiger partial charge in [-0.25, -0.2) is 4.68 Å². The summed E-state index contributed by atoms with van der Waals surface area (Å²) in [4.78, 5) is 29.3. The highest BCUT2D eigenvalue weighted by molar-refractivity contribution is 8.00. The third-order valence-electron chi connectivity index (χ3n) is 6.26. The minimum absolute atomic E-state index is 0.144. The van der Waals surface area contributed by atoms with E-state index in [0.717, 1.165) is 27.4 Å². The Balaban J connectivity index is 1.73. The van der Waals surface area contributed by atoms with E-state index in [9.17, 15) is 9.59 Å². The zero-order valence-corrected chi connectivity index (χ0v) is 23.8. The summed E-state index contributed by atoms with van der Waals surface area (Å²) < 4.78 is 12.2. The second-order valence-corrected chi connectivity index (χ2v) is 11.2. The van der Waals surface area contributed by atoms with E-state index in [1.807, 2.05) is 60.0 Å². The average molecular weight is 583 g/mol. The number of carbonyl (C=O) groups excluding carboxylic acids is 2. The Bertz CT molecular complexity index is 1440. The molecule has 202 valence electrons. The van der Waals surface area contributed by atoms with E-state index < -0.39 is 0 Å². The summed E-state index contributed by atoms with van der Waals surface area (Å²) in [6, 6.07) is 19.0. The van der Waals surface area contributed by atoms with Gasteiger partial charge in [-0.1, -0.05) is 29.8 Å². The highest BCUT2D eigenvalue weighted by Crippen LogP contribution is 2.49. The fraction of sp³-hybridized carbons (Fsp3) is 0.250. The fourth-order valence-electron chi connectivity index (χ4n) is 4.40. The molecule has 2 aromatic heterocycles. The highest BCUT2D eigenvalue weighted by Gasteiger charge is 2.38. The van der Waals surface area contributed by atoms with Crippen molar-refractivity contribution >= 4 is 52.3 Å². The Labute approximate surface area is 239 Å². The number of halogens is 1. The van der Waals surface area contributed by atoms with Crippen LogP contribution in [0, 0.1) is 0 Å². The lowest BCUT2D eigenvalue weighted by Gasteiger charge is -2.23. The van der Waals surface area contributed by atoms with Crippen LogP contribution in [-0.2, 0) is 14.3 Å². The van der Waals surface area contributed by atoms with E-state index in [-0.39, 0.29) is 29.4 Å². The predicted molar refractivity (Wildman–Crippen MR) is 156 cm³/mol. The normalized spacial score (nSPS) is 15.1. The van der Waals surface area contributed by atoms with Crippen molar-refractivity contribution in [3.05, 3.63) is 81.5 Å². The second kappa shape index (κ2) is 12.3. The molecule has 1 unspecified atom stereocenters. The molecular formula is C28H27ClN4O4S2. The number of rotatable bonds is 9. The summed E-state index contributed by atoms with van der Waals surface area (Å²) >= 11 is 9.38. The molecule has 1 aliphatic heterocycles. The summed E-state index contributed by atoms with van der Waals surface area (Å²) in [6.07, 6.45) is 0. The molecule has 0 bridgehead atoms. The molecule has 0 radical (unpaired) electrons. The average Bonchev–Trinajstić information content (AvgIpc) is 3.59. The SMILES string of the molecule is COCCNC(=O)CN1C(=O)CSC(c2cccs2)c2c(-c3ccc(Cl)cc3)nn(-c3ccc(OC)cc3)c21. The number of fused-ring (bicyclic) bond motifs is 1. The predicted octanol–water partition coefficient (Wildman–Crippen LogP) is 5.19. The van der Waals surface area contributed by atoms with Crippen LogP contribution in [0.4, 0.5) is 5.82 Å². The van der Waals surface area contributed by atoms with Crippen molar-refractivity contribution in [1.29, 1.82) is 0 Å². The molecule has 5 rings (SSSR count). The molecular weight excluding hydrogens is 556 g/mol.